The van der Waals surface area contributed by atoms with E-state index in [2.05, 4.69) is 5.32 Å². The molecule has 0 aromatic heterocycles. The highest BCUT2D eigenvalue weighted by Crippen LogP contribution is 2.40. The lowest BCUT2D eigenvalue weighted by molar-refractivity contribution is -0.132. The smallest absolute Gasteiger partial charge is 0.247 e. The van der Waals surface area contributed by atoms with Crippen LogP contribution in [-0.4, -0.2) is 42.1 Å². The van der Waals surface area contributed by atoms with Gasteiger partial charge < -0.3 is 19.7 Å². The zero-order valence-corrected chi connectivity index (χ0v) is 15.6. The van der Waals surface area contributed by atoms with Crippen molar-refractivity contribution >= 4 is 29.5 Å². The van der Waals surface area contributed by atoms with Gasteiger partial charge in [0.1, 0.15) is 0 Å². The van der Waals surface area contributed by atoms with Crippen LogP contribution in [-0.2, 0) is 9.59 Å². The Labute approximate surface area is 152 Å². The van der Waals surface area contributed by atoms with Crippen LogP contribution >= 0.6 is 11.6 Å². The van der Waals surface area contributed by atoms with Crippen LogP contribution in [0.4, 0.5) is 0 Å². The number of halogens is 1. The number of benzene rings is 1. The highest BCUT2D eigenvalue weighted by atomic mass is 35.5. The maximum Gasteiger partial charge on any atom is 0.247 e. The van der Waals surface area contributed by atoms with Gasteiger partial charge in [-0.15, -0.1) is 0 Å². The second-order valence-electron chi connectivity index (χ2n) is 6.72. The largest absolute Gasteiger partial charge is 0.454 e. The Morgan fingerprint density at radius 3 is 2.68 bits per heavy atom. The molecule has 1 aliphatic heterocycles. The molecule has 2 rings (SSSR count). The SMILES string of the molecule is CCN(CC(=O)NC(C)(C)C)C(=O)/C=C/c1cc(Cl)c2c(c1)OCO2. The number of nitrogens with one attached hydrogen (secondary N) is 1. The molecule has 1 heterocycles. The van der Waals surface area contributed by atoms with Gasteiger partial charge in [-0.1, -0.05) is 11.6 Å². The van der Waals surface area contributed by atoms with Gasteiger partial charge in [0.2, 0.25) is 18.6 Å². The zero-order valence-electron chi connectivity index (χ0n) is 14.9. The van der Waals surface area contributed by atoms with E-state index >= 15 is 0 Å². The predicted octanol–water partition coefficient (Wildman–Crippen LogP) is 2.85. The van der Waals surface area contributed by atoms with E-state index in [1.165, 1.54) is 11.0 Å². The van der Waals surface area contributed by atoms with Crippen molar-refractivity contribution in [2.24, 2.45) is 0 Å². The van der Waals surface area contributed by atoms with Gasteiger partial charge in [0.05, 0.1) is 11.6 Å². The average molecular weight is 367 g/mol. The molecular weight excluding hydrogens is 344 g/mol. The number of rotatable bonds is 5. The summed E-state index contributed by atoms with van der Waals surface area (Å²) in [6, 6.07) is 3.45. The van der Waals surface area contributed by atoms with Crippen LogP contribution in [0.2, 0.25) is 5.02 Å². The number of likely N-dealkylation sites (N-methyl/N-ethyl adjacent to an activating group) is 1. The molecule has 0 bridgehead atoms. The fraction of sp³-hybridized carbons (Fsp3) is 0.444. The Balaban J connectivity index is 2.03. The standard InChI is InChI=1S/C18H23ClN2O4/c1-5-21(10-15(22)20-18(2,3)4)16(23)7-6-12-8-13(19)17-14(9-12)24-11-25-17/h6-9H,5,10-11H2,1-4H3,(H,20,22)/b7-6+. The van der Waals surface area contributed by atoms with Gasteiger partial charge in [-0.05, 0) is 51.5 Å². The lowest BCUT2D eigenvalue weighted by Crippen LogP contribution is -2.47. The minimum Gasteiger partial charge on any atom is -0.454 e. The fourth-order valence-corrected chi connectivity index (χ4v) is 2.61. The van der Waals surface area contributed by atoms with Crippen LogP contribution in [0.25, 0.3) is 6.08 Å². The van der Waals surface area contributed by atoms with E-state index in [9.17, 15) is 9.59 Å². The molecule has 136 valence electrons. The second-order valence-corrected chi connectivity index (χ2v) is 7.13. The summed E-state index contributed by atoms with van der Waals surface area (Å²) in [5, 5.41) is 3.27. The summed E-state index contributed by atoms with van der Waals surface area (Å²) in [5.74, 6) is 0.623. The molecule has 0 spiro atoms. The van der Waals surface area contributed by atoms with E-state index in [1.807, 2.05) is 27.7 Å². The van der Waals surface area contributed by atoms with E-state index < -0.39 is 0 Å². The topological polar surface area (TPSA) is 67.9 Å². The Kier molecular flexibility index (Phi) is 5.95. The third-order valence-electron chi connectivity index (χ3n) is 3.41. The number of carbonyl (C=O) groups is 2. The first kappa shape index (κ1) is 19.1. The molecule has 1 aromatic rings. The van der Waals surface area contributed by atoms with Crippen molar-refractivity contribution in [3.05, 3.63) is 28.8 Å². The first-order valence-corrected chi connectivity index (χ1v) is 8.44. The molecule has 6 nitrogen and oxygen atoms in total. The van der Waals surface area contributed by atoms with Crippen LogP contribution in [0, 0.1) is 0 Å². The molecule has 1 aromatic carbocycles. The van der Waals surface area contributed by atoms with Gasteiger partial charge in [-0.2, -0.15) is 0 Å². The monoisotopic (exact) mass is 366 g/mol. The molecule has 0 unspecified atom stereocenters. The number of amides is 2. The number of carbonyl (C=O) groups excluding carboxylic acids is 2. The Bertz CT molecular complexity index is 695. The Morgan fingerprint density at radius 2 is 2.04 bits per heavy atom. The summed E-state index contributed by atoms with van der Waals surface area (Å²) in [6.07, 6.45) is 3.06. The van der Waals surface area contributed by atoms with Gasteiger partial charge in [0.25, 0.3) is 0 Å². The molecule has 0 aliphatic carbocycles. The predicted molar refractivity (Wildman–Crippen MR) is 96.8 cm³/mol. The summed E-state index contributed by atoms with van der Waals surface area (Å²) < 4.78 is 10.6. The number of nitrogens with zero attached hydrogens (tertiary/aromatic N) is 1. The van der Waals surface area contributed by atoms with E-state index in [1.54, 1.807) is 18.2 Å². The van der Waals surface area contributed by atoms with Crippen LogP contribution < -0.4 is 14.8 Å². The van der Waals surface area contributed by atoms with E-state index in [-0.39, 0.29) is 30.7 Å². The lowest BCUT2D eigenvalue weighted by Gasteiger charge is -2.24. The highest BCUT2D eigenvalue weighted by molar-refractivity contribution is 6.32. The normalized spacial score (nSPS) is 13.2. The average Bonchev–Trinajstić information content (AvgIpc) is 2.97. The van der Waals surface area contributed by atoms with Crippen molar-refractivity contribution in [1.29, 1.82) is 0 Å². The summed E-state index contributed by atoms with van der Waals surface area (Å²) in [5.41, 5.74) is 0.385. The zero-order chi connectivity index (χ0) is 18.6. The first-order valence-electron chi connectivity index (χ1n) is 8.06. The quantitative estimate of drug-likeness (QED) is 0.814. The molecular formula is C18H23ClN2O4. The third-order valence-corrected chi connectivity index (χ3v) is 3.69. The number of ether oxygens (including phenoxy) is 2. The van der Waals surface area contributed by atoms with E-state index in [4.69, 9.17) is 21.1 Å². The lowest BCUT2D eigenvalue weighted by atomic mass is 10.1. The molecule has 1 aliphatic rings. The molecule has 0 saturated heterocycles. The van der Waals surface area contributed by atoms with E-state index in [0.717, 1.165) is 5.56 Å². The fourth-order valence-electron chi connectivity index (χ4n) is 2.33. The highest BCUT2D eigenvalue weighted by Gasteiger charge is 2.19. The number of hydrogen-bond donors (Lipinski definition) is 1. The summed E-state index contributed by atoms with van der Waals surface area (Å²) in [4.78, 5) is 25.8. The van der Waals surface area contributed by atoms with Crippen molar-refractivity contribution in [3.63, 3.8) is 0 Å². The van der Waals surface area contributed by atoms with E-state index in [0.29, 0.717) is 23.1 Å². The van der Waals surface area contributed by atoms with Crippen molar-refractivity contribution in [2.75, 3.05) is 19.9 Å². The van der Waals surface area contributed by atoms with Crippen molar-refractivity contribution in [3.8, 4) is 11.5 Å². The number of hydrogen-bond acceptors (Lipinski definition) is 4. The molecule has 1 N–H and O–H groups in total. The van der Waals surface area contributed by atoms with Gasteiger partial charge >= 0.3 is 0 Å². The van der Waals surface area contributed by atoms with Crippen molar-refractivity contribution in [1.82, 2.24) is 10.2 Å². The van der Waals surface area contributed by atoms with Crippen LogP contribution in [0.1, 0.15) is 33.3 Å². The molecule has 0 atom stereocenters. The van der Waals surface area contributed by atoms with Crippen LogP contribution in [0.5, 0.6) is 11.5 Å². The summed E-state index contributed by atoms with van der Waals surface area (Å²) in [6.45, 7) is 8.09. The maximum absolute atomic E-state index is 12.3. The summed E-state index contributed by atoms with van der Waals surface area (Å²) in [7, 11) is 0. The minimum absolute atomic E-state index is 0.0127. The van der Waals surface area contributed by atoms with Crippen LogP contribution in [0.15, 0.2) is 18.2 Å². The second kappa shape index (κ2) is 7.78. The molecule has 0 saturated carbocycles. The van der Waals surface area contributed by atoms with Gasteiger partial charge in [0.15, 0.2) is 11.5 Å². The van der Waals surface area contributed by atoms with Gasteiger partial charge in [0, 0.05) is 18.2 Å². The van der Waals surface area contributed by atoms with Gasteiger partial charge in [-0.25, -0.2) is 0 Å². The van der Waals surface area contributed by atoms with Gasteiger partial charge in [-0.3, -0.25) is 9.59 Å². The van der Waals surface area contributed by atoms with Crippen LogP contribution in [0.3, 0.4) is 0 Å². The maximum atomic E-state index is 12.3. The number of fused-ring (bicyclic) bond motifs is 1. The minimum atomic E-state index is -0.335. The first-order chi connectivity index (χ1) is 11.7. The summed E-state index contributed by atoms with van der Waals surface area (Å²) >= 11 is 6.12. The third kappa shape index (κ3) is 5.39. The Morgan fingerprint density at radius 1 is 1.32 bits per heavy atom. The van der Waals surface area contributed by atoms with Crippen molar-refractivity contribution in [2.45, 2.75) is 33.2 Å². The molecule has 25 heavy (non-hydrogen) atoms. The molecule has 0 fully saturated rings. The molecule has 0 radical (unpaired) electrons. The molecule has 2 amide bonds. The molecule has 7 heteroatoms. The van der Waals surface area contributed by atoms with Crippen molar-refractivity contribution < 1.29 is 19.1 Å². The Hall–Kier alpha value is -2.21.